The van der Waals surface area contributed by atoms with E-state index in [1.807, 2.05) is 14.1 Å². The van der Waals surface area contributed by atoms with Gasteiger partial charge in [0.05, 0.1) is 4.90 Å². The zero-order valence-corrected chi connectivity index (χ0v) is 15.9. The van der Waals surface area contributed by atoms with Crippen LogP contribution in [0.2, 0.25) is 0 Å². The largest absolute Gasteiger partial charge is 0.479 e. The second-order valence-electron chi connectivity index (χ2n) is 6.06. The first-order valence-electron chi connectivity index (χ1n) is 7.52. The number of hydrogen-bond acceptors (Lipinski definition) is 5. The first-order valence-corrected chi connectivity index (χ1v) is 9.76. The van der Waals surface area contributed by atoms with Gasteiger partial charge < -0.3 is 15.1 Å². The molecule has 7 nitrogen and oxygen atoms in total. The summed E-state index contributed by atoms with van der Waals surface area (Å²) >= 11 is 3.28. The van der Waals surface area contributed by atoms with Gasteiger partial charge in [-0.05, 0) is 47.0 Å². The number of rotatable bonds is 5. The summed E-state index contributed by atoms with van der Waals surface area (Å²) in [6.07, 6.45) is -0.558. The molecule has 1 aromatic rings. The lowest BCUT2D eigenvalue weighted by molar-refractivity contribution is -0.150. The monoisotopic (exact) mass is 420 g/mol. The number of benzene rings is 1. The zero-order valence-electron chi connectivity index (χ0n) is 13.5. The third kappa shape index (κ3) is 3.90. The van der Waals surface area contributed by atoms with Crippen LogP contribution in [0, 0.1) is 5.92 Å². The minimum absolute atomic E-state index is 0.00552. The Morgan fingerprint density at radius 3 is 2.67 bits per heavy atom. The molecule has 9 heteroatoms. The molecule has 0 spiro atoms. The summed E-state index contributed by atoms with van der Waals surface area (Å²) in [6, 6.07) is 5.06. The SMILES string of the molecule is CN(C)c1ccc(Br)c(S(=O)(=O)N2CCC[C@H]([C@H](O)C(=O)O)C2)c1. The summed E-state index contributed by atoms with van der Waals surface area (Å²) < 4.78 is 27.6. The van der Waals surface area contributed by atoms with E-state index in [0.717, 1.165) is 5.69 Å². The molecule has 2 N–H and O–H groups in total. The quantitative estimate of drug-likeness (QED) is 0.745. The summed E-state index contributed by atoms with van der Waals surface area (Å²) in [5, 5.41) is 18.7. The van der Waals surface area contributed by atoms with E-state index in [0.29, 0.717) is 23.9 Å². The molecule has 24 heavy (non-hydrogen) atoms. The molecule has 134 valence electrons. The number of carbonyl (C=O) groups is 1. The number of piperidine rings is 1. The Morgan fingerprint density at radius 1 is 1.42 bits per heavy atom. The molecule has 1 aliphatic heterocycles. The predicted molar refractivity (Wildman–Crippen MR) is 93.6 cm³/mol. The number of sulfonamides is 1. The summed E-state index contributed by atoms with van der Waals surface area (Å²) in [7, 11) is -0.147. The lowest BCUT2D eigenvalue weighted by Gasteiger charge is -2.33. The first-order chi connectivity index (χ1) is 11.1. The molecule has 1 fully saturated rings. The Bertz CT molecular complexity index is 723. The van der Waals surface area contributed by atoms with E-state index in [4.69, 9.17) is 5.11 Å². The van der Waals surface area contributed by atoms with Crippen LogP contribution in [0.5, 0.6) is 0 Å². The fourth-order valence-electron chi connectivity index (χ4n) is 2.76. The van der Waals surface area contributed by atoms with Crippen molar-refractivity contribution >= 4 is 37.6 Å². The van der Waals surface area contributed by atoms with Crippen LogP contribution in [0.4, 0.5) is 5.69 Å². The molecule has 2 atom stereocenters. The van der Waals surface area contributed by atoms with Crippen molar-refractivity contribution in [2.24, 2.45) is 5.92 Å². The van der Waals surface area contributed by atoms with E-state index in [1.54, 1.807) is 23.1 Å². The van der Waals surface area contributed by atoms with Crippen LogP contribution >= 0.6 is 15.9 Å². The molecule has 0 amide bonds. The number of aliphatic hydroxyl groups excluding tert-OH is 1. The van der Waals surface area contributed by atoms with E-state index in [1.165, 1.54) is 4.31 Å². The molecule has 0 unspecified atom stereocenters. The average molecular weight is 421 g/mol. The minimum atomic E-state index is -3.79. The molecule has 0 radical (unpaired) electrons. The van der Waals surface area contributed by atoms with Crippen LogP contribution in [0.25, 0.3) is 0 Å². The smallest absolute Gasteiger partial charge is 0.332 e. The molecule has 0 aliphatic carbocycles. The Hall–Kier alpha value is -1.16. The van der Waals surface area contributed by atoms with Crippen LogP contribution in [0.3, 0.4) is 0 Å². The minimum Gasteiger partial charge on any atom is -0.479 e. The average Bonchev–Trinajstić information content (AvgIpc) is 2.54. The molecule has 2 rings (SSSR count). The number of anilines is 1. The summed E-state index contributed by atoms with van der Waals surface area (Å²) in [6.45, 7) is 0.304. The Kier molecular flexibility index (Phi) is 5.90. The summed E-state index contributed by atoms with van der Waals surface area (Å²) in [5.74, 6) is -1.93. The standard InChI is InChI=1S/C15H21BrN2O5S/c1-17(2)11-5-6-12(16)13(8-11)24(22,23)18-7-3-4-10(9-18)14(19)15(20)21/h5-6,8,10,14,19H,3-4,7,9H2,1-2H3,(H,20,21)/t10-,14-/m0/s1. The van der Waals surface area contributed by atoms with Crippen molar-refractivity contribution in [1.82, 2.24) is 4.31 Å². The molecular weight excluding hydrogens is 400 g/mol. The molecule has 1 heterocycles. The van der Waals surface area contributed by atoms with E-state index < -0.39 is 28.0 Å². The fourth-order valence-corrected chi connectivity index (χ4v) is 5.24. The van der Waals surface area contributed by atoms with Crippen LogP contribution in [0.1, 0.15) is 12.8 Å². The van der Waals surface area contributed by atoms with Gasteiger partial charge in [0.2, 0.25) is 10.0 Å². The van der Waals surface area contributed by atoms with Gasteiger partial charge in [0.1, 0.15) is 0 Å². The van der Waals surface area contributed by atoms with Gasteiger partial charge in [0.25, 0.3) is 0 Å². The van der Waals surface area contributed by atoms with Gasteiger partial charge in [-0.15, -0.1) is 0 Å². The summed E-state index contributed by atoms with van der Waals surface area (Å²) in [4.78, 5) is 12.9. The van der Waals surface area contributed by atoms with Crippen molar-refractivity contribution in [2.45, 2.75) is 23.8 Å². The maximum atomic E-state index is 13.0. The molecule has 0 aromatic heterocycles. The normalized spacial score (nSPS) is 20.6. The van der Waals surface area contributed by atoms with E-state index in [-0.39, 0.29) is 11.4 Å². The Morgan fingerprint density at radius 2 is 2.08 bits per heavy atom. The lowest BCUT2D eigenvalue weighted by atomic mass is 9.94. The van der Waals surface area contributed by atoms with Crippen molar-refractivity contribution < 1.29 is 23.4 Å². The van der Waals surface area contributed by atoms with Crippen LogP contribution in [-0.4, -0.2) is 62.2 Å². The second kappa shape index (κ2) is 7.38. The van der Waals surface area contributed by atoms with Crippen molar-refractivity contribution in [1.29, 1.82) is 0 Å². The van der Waals surface area contributed by atoms with Crippen molar-refractivity contribution in [2.75, 3.05) is 32.1 Å². The van der Waals surface area contributed by atoms with E-state index in [2.05, 4.69) is 15.9 Å². The van der Waals surface area contributed by atoms with Crippen LogP contribution in [0.15, 0.2) is 27.6 Å². The highest BCUT2D eigenvalue weighted by Gasteiger charge is 2.36. The topological polar surface area (TPSA) is 98.2 Å². The number of carboxylic acids is 1. The molecule has 0 saturated carbocycles. The third-order valence-electron chi connectivity index (χ3n) is 4.17. The first kappa shape index (κ1) is 19.2. The number of aliphatic hydroxyl groups is 1. The molecule has 1 aromatic carbocycles. The number of carboxylic acid groups (broad SMARTS) is 1. The van der Waals surface area contributed by atoms with Gasteiger partial charge in [0.15, 0.2) is 6.10 Å². The number of hydrogen-bond donors (Lipinski definition) is 2. The van der Waals surface area contributed by atoms with Crippen LogP contribution < -0.4 is 4.90 Å². The Balaban J connectivity index is 2.33. The molecule has 1 aliphatic rings. The lowest BCUT2D eigenvalue weighted by Crippen LogP contribution is -2.45. The zero-order chi connectivity index (χ0) is 18.1. The van der Waals surface area contributed by atoms with Gasteiger partial charge in [-0.2, -0.15) is 4.31 Å². The van der Waals surface area contributed by atoms with Gasteiger partial charge >= 0.3 is 5.97 Å². The highest BCUT2D eigenvalue weighted by molar-refractivity contribution is 9.10. The molecule has 0 bridgehead atoms. The van der Waals surface area contributed by atoms with Gasteiger partial charge in [-0.1, -0.05) is 0 Å². The van der Waals surface area contributed by atoms with E-state index in [9.17, 15) is 18.3 Å². The van der Waals surface area contributed by atoms with Crippen LogP contribution in [-0.2, 0) is 14.8 Å². The maximum absolute atomic E-state index is 13.0. The number of aliphatic carboxylic acids is 1. The molecular formula is C15H21BrN2O5S. The second-order valence-corrected chi connectivity index (χ2v) is 8.82. The van der Waals surface area contributed by atoms with Gasteiger partial charge in [-0.3, -0.25) is 0 Å². The van der Waals surface area contributed by atoms with Crippen molar-refractivity contribution in [3.63, 3.8) is 0 Å². The molecule has 1 saturated heterocycles. The Labute approximate surface area is 150 Å². The number of nitrogens with zero attached hydrogens (tertiary/aromatic N) is 2. The van der Waals surface area contributed by atoms with Gasteiger partial charge in [0, 0.05) is 43.3 Å². The maximum Gasteiger partial charge on any atom is 0.332 e. The summed E-state index contributed by atoms with van der Waals surface area (Å²) in [5.41, 5.74) is 0.746. The highest BCUT2D eigenvalue weighted by Crippen LogP contribution is 2.32. The number of halogens is 1. The highest BCUT2D eigenvalue weighted by atomic mass is 79.9. The van der Waals surface area contributed by atoms with Crippen molar-refractivity contribution in [3.05, 3.63) is 22.7 Å². The van der Waals surface area contributed by atoms with Gasteiger partial charge in [-0.25, -0.2) is 13.2 Å². The fraction of sp³-hybridized carbons (Fsp3) is 0.533. The van der Waals surface area contributed by atoms with Crippen molar-refractivity contribution in [3.8, 4) is 0 Å². The predicted octanol–water partition coefficient (Wildman–Crippen LogP) is 1.36. The van der Waals surface area contributed by atoms with E-state index >= 15 is 0 Å². The third-order valence-corrected chi connectivity index (χ3v) is 7.03.